The Hall–Kier alpha value is -1.74. The quantitative estimate of drug-likeness (QED) is 0.575. The molecule has 0 radical (unpaired) electrons. The predicted octanol–water partition coefficient (Wildman–Crippen LogP) is 6.17. The van der Waals surface area contributed by atoms with Crippen molar-refractivity contribution in [3.05, 3.63) is 70.8 Å². The van der Waals surface area contributed by atoms with Crippen LogP contribution in [0.1, 0.15) is 61.0 Å². The number of alkyl halides is 2. The number of aryl methyl sites for hydroxylation is 1. The third-order valence-corrected chi connectivity index (χ3v) is 4.68. The fourth-order valence-corrected chi connectivity index (χ4v) is 3.36. The van der Waals surface area contributed by atoms with Gasteiger partial charge in [0.2, 0.25) is 0 Å². The van der Waals surface area contributed by atoms with Gasteiger partial charge in [0.25, 0.3) is 0 Å². The molecule has 0 N–H and O–H groups in total. The number of hydrogen-bond donors (Lipinski definition) is 0. The molecule has 0 saturated heterocycles. The summed E-state index contributed by atoms with van der Waals surface area (Å²) in [4.78, 5) is 0. The first kappa shape index (κ1) is 17.1. The van der Waals surface area contributed by atoms with Gasteiger partial charge < -0.3 is 4.74 Å². The van der Waals surface area contributed by atoms with Crippen LogP contribution < -0.4 is 0 Å². The van der Waals surface area contributed by atoms with Crippen molar-refractivity contribution in [1.29, 1.82) is 0 Å². The molecule has 0 aromatic heterocycles. The molecule has 0 spiro atoms. The van der Waals surface area contributed by atoms with Gasteiger partial charge in [-0.25, -0.2) is 0 Å². The maximum atomic E-state index is 14.9. The largest absolute Gasteiger partial charge is 0.362 e. The van der Waals surface area contributed by atoms with E-state index in [9.17, 15) is 8.78 Å². The van der Waals surface area contributed by atoms with Crippen LogP contribution in [0.4, 0.5) is 8.78 Å². The molecule has 0 bridgehead atoms. The molecule has 2 aromatic carbocycles. The Kier molecular flexibility index (Phi) is 5.30. The van der Waals surface area contributed by atoms with Gasteiger partial charge in [0.15, 0.2) is 6.10 Å². The third-order valence-electron chi connectivity index (χ3n) is 4.68. The van der Waals surface area contributed by atoms with Crippen molar-refractivity contribution < 1.29 is 13.5 Å². The number of halogens is 2. The van der Waals surface area contributed by atoms with E-state index >= 15 is 0 Å². The molecule has 3 rings (SSSR count). The molecule has 1 unspecified atom stereocenters. The highest BCUT2D eigenvalue weighted by Gasteiger charge is 2.47. The van der Waals surface area contributed by atoms with Crippen LogP contribution >= 0.6 is 0 Å². The van der Waals surface area contributed by atoms with Crippen molar-refractivity contribution in [2.45, 2.75) is 57.7 Å². The van der Waals surface area contributed by atoms with Crippen LogP contribution in [0.3, 0.4) is 0 Å². The van der Waals surface area contributed by atoms with Gasteiger partial charge in [-0.3, -0.25) is 0 Å². The summed E-state index contributed by atoms with van der Waals surface area (Å²) in [5.74, 6) is -3.00. The van der Waals surface area contributed by atoms with Crippen molar-refractivity contribution in [3.8, 4) is 0 Å². The lowest BCUT2D eigenvalue weighted by atomic mass is 9.89. The predicted molar refractivity (Wildman–Crippen MR) is 92.2 cm³/mol. The lowest BCUT2D eigenvalue weighted by Gasteiger charge is -2.34. The number of ether oxygens (including phenoxy) is 1. The minimum atomic E-state index is -3.00. The molecule has 3 heteroatoms. The summed E-state index contributed by atoms with van der Waals surface area (Å²) in [5.41, 5.74) is 2.39. The van der Waals surface area contributed by atoms with Gasteiger partial charge in [-0.05, 0) is 29.5 Å². The zero-order valence-electron chi connectivity index (χ0n) is 14.1. The normalized spacial score (nSPS) is 19.0. The van der Waals surface area contributed by atoms with Gasteiger partial charge in [-0.2, -0.15) is 8.78 Å². The van der Waals surface area contributed by atoms with Crippen LogP contribution in [-0.2, 0) is 23.7 Å². The van der Waals surface area contributed by atoms with Gasteiger partial charge in [0.05, 0.1) is 6.61 Å². The lowest BCUT2D eigenvalue weighted by Crippen LogP contribution is -2.31. The molecule has 1 atom stereocenters. The summed E-state index contributed by atoms with van der Waals surface area (Å²) in [6, 6.07) is 14.1. The smallest absolute Gasteiger partial charge is 0.303 e. The first-order chi connectivity index (χ1) is 11.6. The van der Waals surface area contributed by atoms with E-state index in [-0.39, 0.29) is 12.2 Å². The second-order valence-corrected chi connectivity index (χ2v) is 6.53. The van der Waals surface area contributed by atoms with Gasteiger partial charge in [-0.15, -0.1) is 0 Å². The Morgan fingerprint density at radius 2 is 1.83 bits per heavy atom. The first-order valence-electron chi connectivity index (χ1n) is 8.79. The van der Waals surface area contributed by atoms with Gasteiger partial charge in [-0.1, -0.05) is 74.7 Å². The van der Waals surface area contributed by atoms with E-state index in [1.807, 2.05) is 18.2 Å². The number of unbranched alkanes of at least 4 members (excludes halogenated alkanes) is 3. The highest BCUT2D eigenvalue weighted by Crippen LogP contribution is 2.48. The van der Waals surface area contributed by atoms with Crippen LogP contribution in [0.15, 0.2) is 48.5 Å². The summed E-state index contributed by atoms with van der Waals surface area (Å²) < 4.78 is 35.4. The number of benzene rings is 2. The monoisotopic (exact) mass is 330 g/mol. The molecule has 1 aliphatic heterocycles. The molecule has 1 aliphatic rings. The van der Waals surface area contributed by atoms with Crippen molar-refractivity contribution >= 4 is 0 Å². The highest BCUT2D eigenvalue weighted by molar-refractivity contribution is 5.39. The summed E-state index contributed by atoms with van der Waals surface area (Å²) in [7, 11) is 0. The summed E-state index contributed by atoms with van der Waals surface area (Å²) >= 11 is 0. The Morgan fingerprint density at radius 3 is 2.58 bits per heavy atom. The number of rotatable bonds is 6. The maximum Gasteiger partial charge on any atom is 0.303 e. The van der Waals surface area contributed by atoms with Crippen LogP contribution in [-0.4, -0.2) is 0 Å². The Labute approximate surface area is 142 Å². The minimum absolute atomic E-state index is 0.111. The van der Waals surface area contributed by atoms with E-state index < -0.39 is 12.0 Å². The first-order valence-corrected chi connectivity index (χ1v) is 8.79. The summed E-state index contributed by atoms with van der Waals surface area (Å²) in [5, 5.41) is 0. The zero-order chi connectivity index (χ0) is 17.0. The lowest BCUT2D eigenvalue weighted by molar-refractivity contribution is -0.167. The molecule has 0 amide bonds. The fraction of sp³-hybridized carbons (Fsp3) is 0.429. The Bertz CT molecular complexity index is 667. The van der Waals surface area contributed by atoms with Crippen molar-refractivity contribution in [2.24, 2.45) is 0 Å². The highest BCUT2D eigenvalue weighted by atomic mass is 19.3. The van der Waals surface area contributed by atoms with E-state index in [0.29, 0.717) is 11.1 Å². The molecule has 0 fully saturated rings. The molecule has 1 heterocycles. The van der Waals surface area contributed by atoms with Crippen molar-refractivity contribution in [1.82, 2.24) is 0 Å². The molecular weight excluding hydrogens is 306 g/mol. The molecule has 2 aromatic rings. The van der Waals surface area contributed by atoms with Crippen LogP contribution in [0.5, 0.6) is 0 Å². The van der Waals surface area contributed by atoms with Crippen molar-refractivity contribution in [3.63, 3.8) is 0 Å². The summed E-state index contributed by atoms with van der Waals surface area (Å²) in [6.45, 7) is 2.43. The zero-order valence-corrected chi connectivity index (χ0v) is 14.1. The van der Waals surface area contributed by atoms with Gasteiger partial charge >= 0.3 is 5.92 Å². The molecule has 1 nitrogen and oxygen atoms in total. The number of fused-ring (bicyclic) bond motifs is 1. The number of hydrogen-bond acceptors (Lipinski definition) is 1. The maximum absolute atomic E-state index is 14.9. The molecule has 0 aliphatic carbocycles. The molecule has 24 heavy (non-hydrogen) atoms. The van der Waals surface area contributed by atoms with E-state index in [1.165, 1.54) is 19.3 Å². The van der Waals surface area contributed by atoms with E-state index in [4.69, 9.17) is 4.74 Å². The van der Waals surface area contributed by atoms with E-state index in [2.05, 4.69) is 6.92 Å². The fourth-order valence-electron chi connectivity index (χ4n) is 3.36. The molecular formula is C21H24F2O. The van der Waals surface area contributed by atoms with Crippen LogP contribution in [0.2, 0.25) is 0 Å². The average Bonchev–Trinajstić information content (AvgIpc) is 2.59. The topological polar surface area (TPSA) is 9.23 Å². The van der Waals surface area contributed by atoms with Gasteiger partial charge in [0.1, 0.15) is 0 Å². The minimum Gasteiger partial charge on any atom is -0.362 e. The van der Waals surface area contributed by atoms with Crippen molar-refractivity contribution in [2.75, 3.05) is 0 Å². The SMILES string of the molecule is CCCCCCc1ccc2c(c1)COC(c1ccccc1)C2(F)F. The third kappa shape index (κ3) is 3.51. The second-order valence-electron chi connectivity index (χ2n) is 6.53. The van der Waals surface area contributed by atoms with E-state index in [1.54, 1.807) is 30.3 Å². The van der Waals surface area contributed by atoms with Crippen LogP contribution in [0, 0.1) is 0 Å². The average molecular weight is 330 g/mol. The van der Waals surface area contributed by atoms with Crippen LogP contribution in [0.25, 0.3) is 0 Å². The Morgan fingerprint density at radius 1 is 1.04 bits per heavy atom. The van der Waals surface area contributed by atoms with E-state index in [0.717, 1.165) is 18.4 Å². The second kappa shape index (κ2) is 7.43. The molecule has 0 saturated carbocycles. The standard InChI is InChI=1S/C21H24F2O/c1-2-3-4-6-9-16-12-13-19-18(14-16)15-24-20(21(19,22)23)17-10-7-5-8-11-17/h5,7-8,10-14,20H,2-4,6,9,15H2,1H3. The van der Waals surface area contributed by atoms with Gasteiger partial charge in [0, 0.05) is 5.56 Å². The molecule has 128 valence electrons. The Balaban J connectivity index is 1.79. The summed E-state index contributed by atoms with van der Waals surface area (Å²) in [6.07, 6.45) is 4.46.